The van der Waals surface area contributed by atoms with Crippen LogP contribution in [0.5, 0.6) is 0 Å². The molecule has 11 heteroatoms. The molecule has 0 spiro atoms. The van der Waals surface area contributed by atoms with Crippen LogP contribution in [0.2, 0.25) is 0 Å². The average molecular weight is 571 g/mol. The van der Waals surface area contributed by atoms with E-state index in [4.69, 9.17) is 0 Å². The zero-order valence-electron chi connectivity index (χ0n) is 17.7. The predicted octanol–water partition coefficient (Wildman–Crippen LogP) is 2.44. The van der Waals surface area contributed by atoms with Gasteiger partial charge in [-0.3, -0.25) is 4.99 Å². The minimum Gasteiger partial charge on any atom is -0.365 e. The van der Waals surface area contributed by atoms with Crippen molar-refractivity contribution < 1.29 is 17.2 Å². The number of guanidine groups is 1. The van der Waals surface area contributed by atoms with Gasteiger partial charge in [0.15, 0.2) is 5.96 Å². The van der Waals surface area contributed by atoms with Crippen molar-refractivity contribution in [3.8, 4) is 0 Å². The van der Waals surface area contributed by atoms with Crippen LogP contribution in [0.3, 0.4) is 0 Å². The van der Waals surface area contributed by atoms with E-state index in [1.807, 2.05) is 6.92 Å². The molecular formula is C20H32F2IN5O2S. The van der Waals surface area contributed by atoms with Gasteiger partial charge in [-0.05, 0) is 44.2 Å². The Balaban J connectivity index is 0.00000341. The minimum absolute atomic E-state index is 0. The molecule has 1 saturated carbocycles. The smallest absolute Gasteiger partial charge is 0.213 e. The lowest BCUT2D eigenvalue weighted by molar-refractivity contribution is 0.316. The summed E-state index contributed by atoms with van der Waals surface area (Å²) in [5, 5.41) is 6.35. The molecule has 1 aromatic rings. The van der Waals surface area contributed by atoms with Gasteiger partial charge in [0, 0.05) is 32.2 Å². The monoisotopic (exact) mass is 571 g/mol. The summed E-state index contributed by atoms with van der Waals surface area (Å²) in [6.07, 6.45) is 4.05. The second-order valence-electron chi connectivity index (χ2n) is 7.87. The number of hydrogen-bond donors (Lipinski definition) is 3. The molecule has 31 heavy (non-hydrogen) atoms. The normalized spacial score (nSPS) is 19.6. The Morgan fingerprint density at radius 1 is 1.23 bits per heavy atom. The van der Waals surface area contributed by atoms with Crippen molar-refractivity contribution in [1.82, 2.24) is 15.4 Å². The van der Waals surface area contributed by atoms with Crippen LogP contribution in [-0.2, 0) is 10.0 Å². The third-order valence-corrected chi connectivity index (χ3v) is 6.90. The van der Waals surface area contributed by atoms with Gasteiger partial charge < -0.3 is 15.5 Å². The van der Waals surface area contributed by atoms with Crippen LogP contribution >= 0.6 is 24.0 Å². The molecule has 1 aliphatic carbocycles. The second kappa shape index (κ2) is 12.1. The van der Waals surface area contributed by atoms with Crippen molar-refractivity contribution in [3.05, 3.63) is 29.8 Å². The zero-order chi connectivity index (χ0) is 21.6. The highest BCUT2D eigenvalue weighted by molar-refractivity contribution is 14.0. The molecule has 1 heterocycles. The van der Waals surface area contributed by atoms with Gasteiger partial charge in [0.25, 0.3) is 0 Å². The van der Waals surface area contributed by atoms with E-state index in [0.29, 0.717) is 44.5 Å². The third kappa shape index (κ3) is 7.70. The number of benzene rings is 1. The summed E-state index contributed by atoms with van der Waals surface area (Å²) >= 11 is 0. The van der Waals surface area contributed by atoms with Gasteiger partial charge in [0.2, 0.25) is 10.0 Å². The Morgan fingerprint density at radius 2 is 1.94 bits per heavy atom. The van der Waals surface area contributed by atoms with E-state index in [0.717, 1.165) is 12.8 Å². The molecule has 1 unspecified atom stereocenters. The number of nitrogens with one attached hydrogen (secondary N) is 3. The Bertz CT molecular complexity index is 832. The van der Waals surface area contributed by atoms with Crippen LogP contribution in [0.15, 0.2) is 23.2 Å². The maximum absolute atomic E-state index is 14.0. The average Bonchev–Trinajstić information content (AvgIpc) is 3.08. The predicted molar refractivity (Wildman–Crippen MR) is 131 cm³/mol. The minimum atomic E-state index is -3.35. The van der Waals surface area contributed by atoms with E-state index >= 15 is 0 Å². The van der Waals surface area contributed by atoms with Crippen molar-refractivity contribution in [2.24, 2.45) is 10.9 Å². The lowest BCUT2D eigenvalue weighted by atomic mass is 9.86. The molecule has 0 radical (unpaired) electrons. The molecule has 3 rings (SSSR count). The van der Waals surface area contributed by atoms with Gasteiger partial charge in [-0.1, -0.05) is 12.5 Å². The summed E-state index contributed by atoms with van der Waals surface area (Å²) in [5.41, 5.74) is -0.00706. The number of rotatable bonds is 9. The van der Waals surface area contributed by atoms with Crippen LogP contribution in [0.1, 0.15) is 32.6 Å². The third-order valence-electron chi connectivity index (χ3n) is 5.57. The number of anilines is 1. The van der Waals surface area contributed by atoms with Crippen molar-refractivity contribution in [3.63, 3.8) is 0 Å². The van der Waals surface area contributed by atoms with E-state index in [-0.39, 0.29) is 48.0 Å². The Labute approximate surface area is 200 Å². The summed E-state index contributed by atoms with van der Waals surface area (Å²) in [5.74, 6) is -0.251. The summed E-state index contributed by atoms with van der Waals surface area (Å²) in [4.78, 5) is 6.05. The van der Waals surface area contributed by atoms with Gasteiger partial charge >= 0.3 is 0 Å². The molecule has 2 fully saturated rings. The summed E-state index contributed by atoms with van der Waals surface area (Å²) < 4.78 is 55.0. The maximum Gasteiger partial charge on any atom is 0.213 e. The van der Waals surface area contributed by atoms with E-state index in [1.54, 1.807) is 4.90 Å². The summed E-state index contributed by atoms with van der Waals surface area (Å²) in [6.45, 7) is 4.14. The van der Waals surface area contributed by atoms with Gasteiger partial charge in [-0.15, -0.1) is 24.0 Å². The Kier molecular flexibility index (Phi) is 10.2. The van der Waals surface area contributed by atoms with Gasteiger partial charge in [-0.2, -0.15) is 0 Å². The molecule has 2 aliphatic rings. The molecule has 7 nitrogen and oxygen atoms in total. The molecule has 0 amide bonds. The van der Waals surface area contributed by atoms with Crippen LogP contribution in [-0.4, -0.2) is 58.9 Å². The Hall–Kier alpha value is -1.21. The first-order chi connectivity index (χ1) is 14.4. The van der Waals surface area contributed by atoms with Crippen LogP contribution in [0.4, 0.5) is 14.5 Å². The van der Waals surface area contributed by atoms with E-state index in [1.165, 1.54) is 24.6 Å². The number of hydrogen-bond acceptors (Lipinski definition) is 4. The fourth-order valence-electron chi connectivity index (χ4n) is 3.68. The fraction of sp³-hybridized carbons (Fsp3) is 0.650. The number of nitrogens with zero attached hydrogens (tertiary/aromatic N) is 2. The maximum atomic E-state index is 14.0. The largest absolute Gasteiger partial charge is 0.365 e. The van der Waals surface area contributed by atoms with E-state index in [9.17, 15) is 17.2 Å². The first-order valence-corrected chi connectivity index (χ1v) is 12.2. The van der Waals surface area contributed by atoms with E-state index in [2.05, 4.69) is 20.3 Å². The second-order valence-corrected chi connectivity index (χ2v) is 9.80. The molecular weight excluding hydrogens is 539 g/mol. The molecule has 1 saturated heterocycles. The van der Waals surface area contributed by atoms with Gasteiger partial charge in [0.1, 0.15) is 17.3 Å². The fourth-order valence-corrected chi connectivity index (χ4v) is 4.64. The molecule has 1 atom stereocenters. The first-order valence-electron chi connectivity index (χ1n) is 10.6. The quantitative estimate of drug-likeness (QED) is 0.241. The lowest BCUT2D eigenvalue weighted by Gasteiger charge is -2.25. The van der Waals surface area contributed by atoms with Crippen molar-refractivity contribution in [2.45, 2.75) is 38.6 Å². The van der Waals surface area contributed by atoms with Crippen molar-refractivity contribution in [1.29, 1.82) is 0 Å². The number of para-hydroxylation sites is 1. The van der Waals surface area contributed by atoms with Gasteiger partial charge in [-0.25, -0.2) is 21.9 Å². The topological polar surface area (TPSA) is 85.8 Å². The highest BCUT2D eigenvalue weighted by Gasteiger charge is 2.27. The first kappa shape index (κ1) is 26.0. The van der Waals surface area contributed by atoms with Crippen molar-refractivity contribution >= 4 is 45.6 Å². The summed E-state index contributed by atoms with van der Waals surface area (Å²) in [6, 6.07) is 3.81. The summed E-state index contributed by atoms with van der Waals surface area (Å²) in [7, 11) is -3.35. The highest BCUT2D eigenvalue weighted by atomic mass is 127. The SMILES string of the molecule is CCNC(=NCCS(=O)(=O)NCC1CCC1)NC1CCN(c2c(F)cccc2F)C1.I. The molecule has 1 aromatic carbocycles. The molecule has 1 aliphatic heterocycles. The number of aliphatic imine (C=N–C) groups is 1. The molecule has 176 valence electrons. The molecule has 0 bridgehead atoms. The number of sulfonamides is 1. The molecule has 3 N–H and O–H groups in total. The van der Waals surface area contributed by atoms with Crippen LogP contribution in [0.25, 0.3) is 0 Å². The lowest BCUT2D eigenvalue weighted by Crippen LogP contribution is -2.45. The molecule has 0 aromatic heterocycles. The van der Waals surface area contributed by atoms with Crippen LogP contribution < -0.4 is 20.3 Å². The van der Waals surface area contributed by atoms with Crippen molar-refractivity contribution in [2.75, 3.05) is 43.4 Å². The standard InChI is InChI=1S/C20H31F2N5O2S.HI/c1-2-23-20(24-10-12-30(28,29)25-13-15-5-3-6-15)26-16-9-11-27(14-16)19-17(21)7-4-8-18(19)22;/h4,7-8,15-16,25H,2-3,5-6,9-14H2,1H3,(H2,23,24,26);1H. The van der Waals surface area contributed by atoms with Gasteiger partial charge in [0.05, 0.1) is 12.3 Å². The highest BCUT2D eigenvalue weighted by Crippen LogP contribution is 2.27. The van der Waals surface area contributed by atoms with Crippen LogP contribution in [0, 0.1) is 17.6 Å². The zero-order valence-corrected chi connectivity index (χ0v) is 20.9. The van der Waals surface area contributed by atoms with E-state index < -0.39 is 21.7 Å². The Morgan fingerprint density at radius 3 is 2.55 bits per heavy atom. The number of halogens is 3.